The van der Waals surface area contributed by atoms with E-state index in [2.05, 4.69) is 0 Å². The molecule has 0 atom stereocenters. The van der Waals surface area contributed by atoms with Crippen LogP contribution in [0.1, 0.15) is 19.4 Å². The Morgan fingerprint density at radius 3 is 2.18 bits per heavy atom. The first-order valence-corrected chi connectivity index (χ1v) is 5.21. The van der Waals surface area contributed by atoms with Gasteiger partial charge in [0.2, 0.25) is 0 Å². The van der Waals surface area contributed by atoms with Crippen molar-refractivity contribution in [3.8, 4) is 0 Å². The van der Waals surface area contributed by atoms with Crippen molar-refractivity contribution in [2.24, 2.45) is 0 Å². The Bertz CT molecular complexity index is 388. The lowest BCUT2D eigenvalue weighted by molar-refractivity contribution is -0.137. The number of likely N-dealkylation sites (N-methyl/N-ethyl adjacent to an activating group) is 1. The van der Waals surface area contributed by atoms with Crippen LogP contribution in [-0.4, -0.2) is 24.3 Å². The summed E-state index contributed by atoms with van der Waals surface area (Å²) in [5.74, 6) is 0. The number of aliphatic hydroxyl groups is 1. The van der Waals surface area contributed by atoms with Crippen molar-refractivity contribution >= 4 is 5.69 Å². The molecule has 0 fully saturated rings. The van der Waals surface area contributed by atoms with E-state index in [1.807, 2.05) is 0 Å². The Labute approximate surface area is 98.7 Å². The van der Waals surface area contributed by atoms with E-state index in [1.54, 1.807) is 27.0 Å². The number of aliphatic hydroxyl groups excluding tert-OH is 1. The number of benzene rings is 1. The third kappa shape index (κ3) is 2.91. The van der Waals surface area contributed by atoms with Crippen molar-refractivity contribution in [2.75, 3.05) is 18.6 Å². The number of alkyl halides is 3. The smallest absolute Gasteiger partial charge is 0.394 e. The monoisotopic (exact) mass is 247 g/mol. The minimum Gasteiger partial charge on any atom is -0.394 e. The topological polar surface area (TPSA) is 23.5 Å². The van der Waals surface area contributed by atoms with Gasteiger partial charge in [0.05, 0.1) is 17.7 Å². The highest BCUT2D eigenvalue weighted by atomic mass is 19.4. The van der Waals surface area contributed by atoms with Gasteiger partial charge in [0.1, 0.15) is 0 Å². The molecule has 0 aliphatic rings. The first-order valence-electron chi connectivity index (χ1n) is 5.21. The van der Waals surface area contributed by atoms with Gasteiger partial charge in [-0.25, -0.2) is 0 Å². The van der Waals surface area contributed by atoms with E-state index in [9.17, 15) is 18.3 Å². The molecule has 2 nitrogen and oxygen atoms in total. The molecule has 0 bridgehead atoms. The minimum atomic E-state index is -4.39. The molecule has 96 valence electrons. The molecule has 17 heavy (non-hydrogen) atoms. The van der Waals surface area contributed by atoms with Crippen LogP contribution in [0, 0.1) is 0 Å². The number of hydrogen-bond acceptors (Lipinski definition) is 2. The predicted octanol–water partition coefficient (Wildman–Crippen LogP) is 2.91. The largest absolute Gasteiger partial charge is 0.418 e. The number of para-hydroxylation sites is 1. The predicted molar refractivity (Wildman–Crippen MR) is 61.0 cm³/mol. The number of hydrogen-bond donors (Lipinski definition) is 1. The molecule has 1 N–H and O–H groups in total. The highest BCUT2D eigenvalue weighted by Gasteiger charge is 2.36. The second-order valence-corrected chi connectivity index (χ2v) is 4.54. The Balaban J connectivity index is 3.23. The van der Waals surface area contributed by atoms with Gasteiger partial charge in [0.15, 0.2) is 0 Å². The summed E-state index contributed by atoms with van der Waals surface area (Å²) in [6.45, 7) is 3.13. The van der Waals surface area contributed by atoms with E-state index in [4.69, 9.17) is 0 Å². The molecule has 0 spiro atoms. The average Bonchev–Trinajstić information content (AvgIpc) is 2.27. The zero-order valence-electron chi connectivity index (χ0n) is 10.0. The molecule has 0 radical (unpaired) electrons. The maximum absolute atomic E-state index is 12.8. The third-order valence-corrected chi connectivity index (χ3v) is 2.87. The second-order valence-electron chi connectivity index (χ2n) is 4.54. The van der Waals surface area contributed by atoms with Crippen LogP contribution in [0.2, 0.25) is 0 Å². The van der Waals surface area contributed by atoms with E-state index in [0.717, 1.165) is 6.07 Å². The lowest BCUT2D eigenvalue weighted by atomic mass is 10.0. The minimum absolute atomic E-state index is 0.0686. The molecular formula is C12H16F3NO. The van der Waals surface area contributed by atoms with Crippen LogP contribution < -0.4 is 4.90 Å². The highest BCUT2D eigenvalue weighted by molar-refractivity contribution is 5.56. The summed E-state index contributed by atoms with van der Waals surface area (Å²) < 4.78 is 38.4. The van der Waals surface area contributed by atoms with E-state index in [-0.39, 0.29) is 12.3 Å². The van der Waals surface area contributed by atoms with Gasteiger partial charge in [-0.05, 0) is 26.0 Å². The molecule has 0 unspecified atom stereocenters. The number of nitrogens with zero attached hydrogens (tertiary/aromatic N) is 1. The quantitative estimate of drug-likeness (QED) is 0.887. The molecule has 0 aromatic heterocycles. The Hall–Kier alpha value is -1.23. The average molecular weight is 247 g/mol. The van der Waals surface area contributed by atoms with Gasteiger partial charge in [-0.1, -0.05) is 12.1 Å². The number of anilines is 1. The van der Waals surface area contributed by atoms with Crippen molar-refractivity contribution in [1.82, 2.24) is 0 Å². The van der Waals surface area contributed by atoms with Gasteiger partial charge in [-0.3, -0.25) is 0 Å². The fraction of sp³-hybridized carbons (Fsp3) is 0.500. The van der Waals surface area contributed by atoms with Crippen LogP contribution in [-0.2, 0) is 6.18 Å². The molecule has 1 aromatic carbocycles. The molecular weight excluding hydrogens is 231 g/mol. The Kier molecular flexibility index (Phi) is 3.71. The van der Waals surface area contributed by atoms with Crippen LogP contribution in [0.3, 0.4) is 0 Å². The van der Waals surface area contributed by atoms with E-state index in [1.165, 1.54) is 17.0 Å². The summed E-state index contributed by atoms with van der Waals surface area (Å²) in [6, 6.07) is 5.35. The number of rotatable bonds is 3. The second kappa shape index (κ2) is 4.56. The Morgan fingerprint density at radius 1 is 1.18 bits per heavy atom. The van der Waals surface area contributed by atoms with Crippen molar-refractivity contribution < 1.29 is 18.3 Å². The van der Waals surface area contributed by atoms with Gasteiger partial charge in [0, 0.05) is 12.7 Å². The highest BCUT2D eigenvalue weighted by Crippen LogP contribution is 2.37. The van der Waals surface area contributed by atoms with Gasteiger partial charge >= 0.3 is 6.18 Å². The van der Waals surface area contributed by atoms with Crippen molar-refractivity contribution in [3.63, 3.8) is 0 Å². The molecule has 5 heteroatoms. The zero-order valence-corrected chi connectivity index (χ0v) is 10.0. The van der Waals surface area contributed by atoms with Gasteiger partial charge < -0.3 is 10.0 Å². The summed E-state index contributed by atoms with van der Waals surface area (Å²) in [6.07, 6.45) is -4.39. The van der Waals surface area contributed by atoms with Gasteiger partial charge in [-0.2, -0.15) is 13.2 Å². The molecule has 0 saturated heterocycles. The van der Waals surface area contributed by atoms with Crippen molar-refractivity contribution in [3.05, 3.63) is 29.8 Å². The fourth-order valence-electron chi connectivity index (χ4n) is 1.44. The molecule has 0 saturated carbocycles. The molecule has 0 heterocycles. The molecule has 0 amide bonds. The maximum atomic E-state index is 12.8. The van der Waals surface area contributed by atoms with Gasteiger partial charge in [0.25, 0.3) is 0 Å². The standard InChI is InChI=1S/C12H16F3NO/c1-11(2,8-17)16(3)10-7-5-4-6-9(10)12(13,14)15/h4-7,17H,8H2,1-3H3. The summed E-state index contributed by atoms with van der Waals surface area (Å²) >= 11 is 0. The lowest BCUT2D eigenvalue weighted by Crippen LogP contribution is -2.45. The molecule has 1 aromatic rings. The van der Waals surface area contributed by atoms with Crippen LogP contribution in [0.4, 0.5) is 18.9 Å². The first kappa shape index (κ1) is 13.8. The SMILES string of the molecule is CN(c1ccccc1C(F)(F)F)C(C)(C)CO. The van der Waals surface area contributed by atoms with Crippen molar-refractivity contribution in [1.29, 1.82) is 0 Å². The lowest BCUT2D eigenvalue weighted by Gasteiger charge is -2.37. The molecule has 0 aliphatic heterocycles. The van der Waals surface area contributed by atoms with Crippen LogP contribution in [0.5, 0.6) is 0 Å². The van der Waals surface area contributed by atoms with E-state index in [0.29, 0.717) is 0 Å². The number of halogens is 3. The van der Waals surface area contributed by atoms with E-state index < -0.39 is 17.3 Å². The zero-order chi connectivity index (χ0) is 13.3. The summed E-state index contributed by atoms with van der Waals surface area (Å²) in [5, 5.41) is 9.20. The Morgan fingerprint density at radius 2 is 1.71 bits per heavy atom. The van der Waals surface area contributed by atoms with Crippen molar-refractivity contribution in [2.45, 2.75) is 25.6 Å². The normalized spacial score (nSPS) is 12.6. The van der Waals surface area contributed by atoms with Gasteiger partial charge in [-0.15, -0.1) is 0 Å². The molecule has 1 rings (SSSR count). The van der Waals surface area contributed by atoms with Crippen LogP contribution in [0.15, 0.2) is 24.3 Å². The van der Waals surface area contributed by atoms with E-state index >= 15 is 0 Å². The third-order valence-electron chi connectivity index (χ3n) is 2.87. The molecule has 0 aliphatic carbocycles. The summed E-state index contributed by atoms with van der Waals surface area (Å²) in [5.41, 5.74) is -1.37. The summed E-state index contributed by atoms with van der Waals surface area (Å²) in [4.78, 5) is 1.44. The first-order chi connectivity index (χ1) is 7.70. The van der Waals surface area contributed by atoms with Crippen LogP contribution in [0.25, 0.3) is 0 Å². The maximum Gasteiger partial charge on any atom is 0.418 e. The summed E-state index contributed by atoms with van der Waals surface area (Å²) in [7, 11) is 1.54. The fourth-order valence-corrected chi connectivity index (χ4v) is 1.44. The van der Waals surface area contributed by atoms with Crippen LogP contribution >= 0.6 is 0 Å².